The molecule has 0 saturated carbocycles. The van der Waals surface area contributed by atoms with E-state index in [2.05, 4.69) is 20.5 Å². The Hall–Kier alpha value is -1.76. The summed E-state index contributed by atoms with van der Waals surface area (Å²) in [4.78, 5) is 15.7. The Kier molecular flexibility index (Phi) is 4.03. The largest absolute Gasteiger partial charge is 0.401 e. The highest BCUT2D eigenvalue weighted by molar-refractivity contribution is 7.09. The van der Waals surface area contributed by atoms with Crippen molar-refractivity contribution < 1.29 is 9.21 Å². The summed E-state index contributed by atoms with van der Waals surface area (Å²) in [7, 11) is 0. The van der Waals surface area contributed by atoms with Crippen molar-refractivity contribution in [2.24, 2.45) is 0 Å². The predicted molar refractivity (Wildman–Crippen MR) is 68.3 cm³/mol. The van der Waals surface area contributed by atoms with Crippen molar-refractivity contribution in [1.29, 1.82) is 0 Å². The van der Waals surface area contributed by atoms with Gasteiger partial charge in [0.25, 0.3) is 5.89 Å². The lowest BCUT2D eigenvalue weighted by Gasteiger charge is -1.97. The second kappa shape index (κ2) is 5.72. The van der Waals surface area contributed by atoms with Crippen LogP contribution in [0.1, 0.15) is 31.2 Å². The van der Waals surface area contributed by atoms with Crippen molar-refractivity contribution in [2.45, 2.75) is 33.1 Å². The van der Waals surface area contributed by atoms with Gasteiger partial charge in [-0.3, -0.25) is 10.1 Å². The minimum Gasteiger partial charge on any atom is -0.401 e. The van der Waals surface area contributed by atoms with Crippen LogP contribution in [0.2, 0.25) is 0 Å². The average Bonchev–Trinajstić information content (AvgIpc) is 2.95. The first-order valence-corrected chi connectivity index (χ1v) is 6.63. The van der Waals surface area contributed by atoms with Gasteiger partial charge in [0.05, 0.1) is 5.01 Å². The van der Waals surface area contributed by atoms with Crippen LogP contribution >= 0.6 is 11.3 Å². The third-order valence-corrected chi connectivity index (χ3v) is 3.04. The minimum atomic E-state index is -0.110. The summed E-state index contributed by atoms with van der Waals surface area (Å²) in [5, 5.41) is 12.9. The van der Waals surface area contributed by atoms with E-state index in [4.69, 9.17) is 4.42 Å². The molecule has 0 aromatic carbocycles. The Labute approximate surface area is 108 Å². The summed E-state index contributed by atoms with van der Waals surface area (Å²) in [5.41, 5.74) is 0.638. The standard InChI is InChI=1S/C11H14N4O2S/c1-3-4-5-9(16)13-11-15-14-10(17-11)8-6-18-7(2)12-8/h6H,3-5H2,1-2H3,(H,13,15,16). The van der Waals surface area contributed by atoms with Crippen LogP contribution < -0.4 is 5.32 Å². The third-order valence-electron chi connectivity index (χ3n) is 2.27. The Morgan fingerprint density at radius 3 is 3.00 bits per heavy atom. The SMILES string of the molecule is CCCCC(=O)Nc1nnc(-c2csc(C)n2)o1. The zero-order valence-corrected chi connectivity index (χ0v) is 11.1. The van der Waals surface area contributed by atoms with Gasteiger partial charge in [0.1, 0.15) is 5.69 Å². The number of nitrogens with zero attached hydrogens (tertiary/aromatic N) is 3. The van der Waals surface area contributed by atoms with Crippen molar-refractivity contribution in [3.8, 4) is 11.6 Å². The first-order chi connectivity index (χ1) is 8.69. The number of hydrogen-bond acceptors (Lipinski definition) is 6. The normalized spacial score (nSPS) is 10.6. The lowest BCUT2D eigenvalue weighted by molar-refractivity contribution is -0.116. The van der Waals surface area contributed by atoms with Crippen LogP contribution in [0.25, 0.3) is 11.6 Å². The Balaban J connectivity index is 2.00. The lowest BCUT2D eigenvalue weighted by Crippen LogP contribution is -2.11. The van der Waals surface area contributed by atoms with E-state index in [0.717, 1.165) is 17.8 Å². The van der Waals surface area contributed by atoms with Gasteiger partial charge in [0, 0.05) is 11.8 Å². The van der Waals surface area contributed by atoms with E-state index in [1.165, 1.54) is 11.3 Å². The molecule has 1 N–H and O–H groups in total. The van der Waals surface area contributed by atoms with Crippen LogP contribution in [0.3, 0.4) is 0 Å². The zero-order valence-electron chi connectivity index (χ0n) is 10.3. The highest BCUT2D eigenvalue weighted by Gasteiger charge is 2.12. The summed E-state index contributed by atoms with van der Waals surface area (Å²) < 4.78 is 5.32. The molecule has 6 nitrogen and oxygen atoms in total. The maximum absolute atomic E-state index is 11.5. The maximum Gasteiger partial charge on any atom is 0.322 e. The molecule has 2 aromatic rings. The van der Waals surface area contributed by atoms with E-state index in [1.54, 1.807) is 0 Å². The fraction of sp³-hybridized carbons (Fsp3) is 0.455. The molecule has 0 radical (unpaired) electrons. The van der Waals surface area contributed by atoms with Crippen molar-refractivity contribution in [3.63, 3.8) is 0 Å². The van der Waals surface area contributed by atoms with Crippen molar-refractivity contribution in [1.82, 2.24) is 15.2 Å². The van der Waals surface area contributed by atoms with Crippen LogP contribution in [0.5, 0.6) is 0 Å². The zero-order chi connectivity index (χ0) is 13.0. The fourth-order valence-electron chi connectivity index (χ4n) is 1.36. The second-order valence-electron chi connectivity index (χ2n) is 3.82. The monoisotopic (exact) mass is 266 g/mol. The Bertz CT molecular complexity index is 535. The van der Waals surface area contributed by atoms with Crippen molar-refractivity contribution in [2.75, 3.05) is 5.32 Å². The predicted octanol–water partition coefficient (Wildman–Crippen LogP) is 2.63. The number of anilines is 1. The van der Waals surface area contributed by atoms with Gasteiger partial charge in [-0.2, -0.15) is 0 Å². The molecule has 0 saturated heterocycles. The Morgan fingerprint density at radius 2 is 2.33 bits per heavy atom. The van der Waals surface area contributed by atoms with E-state index in [9.17, 15) is 4.79 Å². The third kappa shape index (κ3) is 3.13. The van der Waals surface area contributed by atoms with Crippen LogP contribution in [0.4, 0.5) is 6.01 Å². The van der Waals surface area contributed by atoms with Gasteiger partial charge in [0.2, 0.25) is 5.91 Å². The quantitative estimate of drug-likeness (QED) is 0.899. The van der Waals surface area contributed by atoms with E-state index < -0.39 is 0 Å². The van der Waals surface area contributed by atoms with Crippen LogP contribution in [0, 0.1) is 6.92 Å². The summed E-state index contributed by atoms with van der Waals surface area (Å²) >= 11 is 1.51. The molecule has 2 heterocycles. The minimum absolute atomic E-state index is 0.110. The number of amides is 1. The summed E-state index contributed by atoms with van der Waals surface area (Å²) in [5.74, 6) is 0.214. The molecule has 0 aliphatic rings. The van der Waals surface area contributed by atoms with E-state index >= 15 is 0 Å². The van der Waals surface area contributed by atoms with Crippen LogP contribution in [0.15, 0.2) is 9.80 Å². The van der Waals surface area contributed by atoms with Gasteiger partial charge in [-0.25, -0.2) is 4.98 Å². The van der Waals surface area contributed by atoms with Crippen LogP contribution in [-0.2, 0) is 4.79 Å². The molecule has 96 valence electrons. The molecule has 0 unspecified atom stereocenters. The fourth-order valence-corrected chi connectivity index (χ4v) is 1.94. The molecule has 0 bridgehead atoms. The number of carbonyl (C=O) groups is 1. The number of hydrogen-bond donors (Lipinski definition) is 1. The molecule has 7 heteroatoms. The van der Waals surface area contributed by atoms with Gasteiger partial charge in [-0.05, 0) is 13.3 Å². The number of thiazole rings is 1. The molecule has 0 fully saturated rings. The summed E-state index contributed by atoms with van der Waals surface area (Å²) in [6.07, 6.45) is 2.28. The molecule has 2 aromatic heterocycles. The molecule has 0 atom stereocenters. The van der Waals surface area contributed by atoms with E-state index in [1.807, 2.05) is 19.2 Å². The molecule has 0 spiro atoms. The highest BCUT2D eigenvalue weighted by atomic mass is 32.1. The number of carbonyl (C=O) groups excluding carboxylic acids is 1. The van der Waals surface area contributed by atoms with Crippen molar-refractivity contribution >= 4 is 23.3 Å². The molecule has 1 amide bonds. The lowest BCUT2D eigenvalue weighted by atomic mass is 10.2. The highest BCUT2D eigenvalue weighted by Crippen LogP contribution is 2.21. The second-order valence-corrected chi connectivity index (χ2v) is 4.88. The van der Waals surface area contributed by atoms with Gasteiger partial charge in [0.15, 0.2) is 0 Å². The van der Waals surface area contributed by atoms with E-state index in [-0.39, 0.29) is 11.9 Å². The smallest absolute Gasteiger partial charge is 0.322 e. The van der Waals surface area contributed by atoms with Gasteiger partial charge >= 0.3 is 6.01 Å². The number of rotatable bonds is 5. The van der Waals surface area contributed by atoms with Crippen molar-refractivity contribution in [3.05, 3.63) is 10.4 Å². The summed E-state index contributed by atoms with van der Waals surface area (Å²) in [6.45, 7) is 3.93. The molecular weight excluding hydrogens is 252 g/mol. The Morgan fingerprint density at radius 1 is 1.50 bits per heavy atom. The molecular formula is C11H14N4O2S. The number of aromatic nitrogens is 3. The first-order valence-electron chi connectivity index (χ1n) is 5.75. The molecule has 0 aliphatic carbocycles. The number of aryl methyl sites for hydroxylation is 1. The van der Waals surface area contributed by atoms with E-state index in [0.29, 0.717) is 18.0 Å². The molecule has 0 aliphatic heterocycles. The van der Waals surface area contributed by atoms with Gasteiger partial charge in [-0.15, -0.1) is 16.4 Å². The molecule has 2 rings (SSSR count). The molecule has 18 heavy (non-hydrogen) atoms. The average molecular weight is 266 g/mol. The van der Waals surface area contributed by atoms with Gasteiger partial charge in [-0.1, -0.05) is 18.4 Å². The number of nitrogens with one attached hydrogen (secondary N) is 1. The topological polar surface area (TPSA) is 80.9 Å². The van der Waals surface area contributed by atoms with Gasteiger partial charge < -0.3 is 4.42 Å². The summed E-state index contributed by atoms with van der Waals surface area (Å²) in [6, 6.07) is 0.122. The number of unbranched alkanes of at least 4 members (excludes halogenated alkanes) is 1. The first kappa shape index (κ1) is 12.7. The van der Waals surface area contributed by atoms with Crippen LogP contribution in [-0.4, -0.2) is 21.1 Å². The maximum atomic E-state index is 11.5.